The van der Waals surface area contributed by atoms with Crippen LogP contribution in [0.5, 0.6) is 5.75 Å². The van der Waals surface area contributed by atoms with Crippen molar-refractivity contribution < 1.29 is 28.6 Å². The lowest BCUT2D eigenvalue weighted by atomic mass is 9.90. The summed E-state index contributed by atoms with van der Waals surface area (Å²) in [4.78, 5) is 26.4. The van der Waals surface area contributed by atoms with E-state index in [4.69, 9.17) is 21.1 Å². The third-order valence-corrected chi connectivity index (χ3v) is 6.39. The Hall–Kier alpha value is -3.10. The first-order valence-corrected chi connectivity index (χ1v) is 11.4. The van der Waals surface area contributed by atoms with Crippen molar-refractivity contribution in [1.82, 2.24) is 9.47 Å². The van der Waals surface area contributed by atoms with Gasteiger partial charge in [-0.05, 0) is 61.2 Å². The predicted molar refractivity (Wildman–Crippen MR) is 126 cm³/mol. The average molecular weight is 489 g/mol. The molecule has 0 fully saturated rings. The molecular weight excluding hydrogens is 463 g/mol. The van der Waals surface area contributed by atoms with Gasteiger partial charge >= 0.3 is 5.97 Å². The summed E-state index contributed by atoms with van der Waals surface area (Å²) in [6, 6.07) is 11.1. The first-order valence-electron chi connectivity index (χ1n) is 11.1. The van der Waals surface area contributed by atoms with Crippen molar-refractivity contribution in [1.29, 1.82) is 0 Å². The molecule has 0 unspecified atom stereocenters. The number of hydrogen-bond acceptors (Lipinski definition) is 4. The van der Waals surface area contributed by atoms with Crippen molar-refractivity contribution in [2.75, 3.05) is 26.9 Å². The van der Waals surface area contributed by atoms with Crippen LogP contribution in [0.4, 0.5) is 4.39 Å². The largest absolute Gasteiger partial charge is 0.484 e. The number of carboxylic acid groups (broad SMARTS) is 1. The Morgan fingerprint density at radius 3 is 2.82 bits per heavy atom. The molecule has 3 aromatic rings. The van der Waals surface area contributed by atoms with Crippen LogP contribution in [0, 0.1) is 5.82 Å². The number of carboxylic acids is 1. The topological polar surface area (TPSA) is 81.0 Å². The monoisotopic (exact) mass is 488 g/mol. The van der Waals surface area contributed by atoms with Gasteiger partial charge in [-0.15, -0.1) is 0 Å². The fraction of sp³-hybridized carbons (Fsp3) is 0.360. The molecule has 1 aliphatic rings. The van der Waals surface area contributed by atoms with E-state index in [0.717, 1.165) is 11.3 Å². The molecule has 34 heavy (non-hydrogen) atoms. The molecule has 1 aromatic heterocycles. The van der Waals surface area contributed by atoms with Gasteiger partial charge in [-0.3, -0.25) is 9.59 Å². The van der Waals surface area contributed by atoms with E-state index in [1.165, 1.54) is 12.1 Å². The highest BCUT2D eigenvalue weighted by Crippen LogP contribution is 2.34. The molecule has 0 spiro atoms. The highest BCUT2D eigenvalue weighted by atomic mass is 35.5. The summed E-state index contributed by atoms with van der Waals surface area (Å²) in [5.74, 6) is -1.02. The summed E-state index contributed by atoms with van der Waals surface area (Å²) in [5.41, 5.74) is 2.46. The Kier molecular flexibility index (Phi) is 7.38. The molecule has 0 aliphatic heterocycles. The lowest BCUT2D eigenvalue weighted by Crippen LogP contribution is -2.47. The lowest BCUT2D eigenvalue weighted by Gasteiger charge is -2.35. The molecule has 1 N–H and O–H groups in total. The molecule has 0 radical (unpaired) electrons. The molecule has 9 heteroatoms. The van der Waals surface area contributed by atoms with E-state index in [2.05, 4.69) is 0 Å². The first kappa shape index (κ1) is 24.0. The van der Waals surface area contributed by atoms with E-state index in [1.807, 2.05) is 0 Å². The third-order valence-electron chi connectivity index (χ3n) is 6.15. The zero-order valence-corrected chi connectivity index (χ0v) is 19.6. The first-order chi connectivity index (χ1) is 16.4. The summed E-state index contributed by atoms with van der Waals surface area (Å²) in [7, 11) is 1.58. The fourth-order valence-electron chi connectivity index (χ4n) is 4.67. The van der Waals surface area contributed by atoms with Crippen LogP contribution in [-0.2, 0) is 33.7 Å². The van der Waals surface area contributed by atoms with Gasteiger partial charge in [0.15, 0.2) is 6.61 Å². The molecule has 7 nitrogen and oxygen atoms in total. The van der Waals surface area contributed by atoms with Crippen molar-refractivity contribution in [3.8, 4) is 5.75 Å². The molecule has 1 heterocycles. The minimum Gasteiger partial charge on any atom is -0.484 e. The number of aromatic nitrogens is 1. The summed E-state index contributed by atoms with van der Waals surface area (Å²) >= 11 is 6.00. The number of carbonyl (C=O) groups excluding carboxylic acids is 1. The Labute approximate surface area is 201 Å². The van der Waals surface area contributed by atoms with E-state index < -0.39 is 5.97 Å². The van der Waals surface area contributed by atoms with Gasteiger partial charge in [-0.2, -0.15) is 0 Å². The molecule has 180 valence electrons. The Morgan fingerprint density at radius 2 is 2.09 bits per heavy atom. The van der Waals surface area contributed by atoms with E-state index in [-0.39, 0.29) is 30.9 Å². The third kappa shape index (κ3) is 5.18. The molecule has 4 rings (SSSR count). The minimum absolute atomic E-state index is 0.148. The zero-order valence-electron chi connectivity index (χ0n) is 18.8. The van der Waals surface area contributed by atoms with Gasteiger partial charge in [-0.25, -0.2) is 4.39 Å². The molecule has 1 aliphatic carbocycles. The number of aliphatic carboxylic acids is 1. The lowest BCUT2D eigenvalue weighted by molar-refractivity contribution is -0.137. The van der Waals surface area contributed by atoms with Crippen LogP contribution < -0.4 is 4.74 Å². The van der Waals surface area contributed by atoms with Crippen molar-refractivity contribution in [2.45, 2.75) is 31.8 Å². The van der Waals surface area contributed by atoms with E-state index >= 15 is 0 Å². The molecule has 0 saturated carbocycles. The summed E-state index contributed by atoms with van der Waals surface area (Å²) < 4.78 is 26.7. The van der Waals surface area contributed by atoms with Crippen LogP contribution in [0.1, 0.15) is 17.7 Å². The highest BCUT2D eigenvalue weighted by molar-refractivity contribution is 6.30. The number of halogens is 2. The number of hydrogen-bond donors (Lipinski definition) is 1. The van der Waals surface area contributed by atoms with Crippen LogP contribution in [0.25, 0.3) is 10.9 Å². The summed E-state index contributed by atoms with van der Waals surface area (Å²) in [6.45, 7) is 0.406. The quantitative estimate of drug-likeness (QED) is 0.493. The van der Waals surface area contributed by atoms with Gasteiger partial charge in [0.1, 0.15) is 18.1 Å². The molecule has 1 amide bonds. The molecule has 1 atom stereocenters. The normalized spacial score (nSPS) is 15.2. The Balaban J connectivity index is 1.59. The Bertz CT molecular complexity index is 1210. The van der Waals surface area contributed by atoms with Crippen molar-refractivity contribution in [2.24, 2.45) is 0 Å². The van der Waals surface area contributed by atoms with E-state index in [9.17, 15) is 19.1 Å². The van der Waals surface area contributed by atoms with Gasteiger partial charge in [-0.1, -0.05) is 17.7 Å². The summed E-state index contributed by atoms with van der Waals surface area (Å²) in [5, 5.41) is 10.6. The number of carbonyl (C=O) groups is 2. The van der Waals surface area contributed by atoms with Crippen molar-refractivity contribution >= 4 is 34.4 Å². The maximum atomic E-state index is 14.1. The second kappa shape index (κ2) is 10.4. The van der Waals surface area contributed by atoms with Crippen molar-refractivity contribution in [3.05, 3.63) is 64.6 Å². The van der Waals surface area contributed by atoms with Gasteiger partial charge in [0.05, 0.1) is 6.61 Å². The summed E-state index contributed by atoms with van der Waals surface area (Å²) in [6.07, 6.45) is 1.72. The smallest absolute Gasteiger partial charge is 0.323 e. The van der Waals surface area contributed by atoms with Gasteiger partial charge < -0.3 is 24.0 Å². The number of rotatable bonds is 9. The fourth-order valence-corrected chi connectivity index (χ4v) is 4.85. The number of ether oxygens (including phenoxy) is 2. The van der Waals surface area contributed by atoms with Crippen molar-refractivity contribution in [3.63, 3.8) is 0 Å². The van der Waals surface area contributed by atoms with E-state index in [1.54, 1.807) is 46.9 Å². The van der Waals surface area contributed by atoms with Gasteiger partial charge in [0.25, 0.3) is 5.91 Å². The SMILES string of the molecule is COCCN(C(=O)COc1cccc(Cl)c1)[C@H]1CCc2c(c3cc(F)ccc3n2CC(=O)O)C1. The van der Waals surface area contributed by atoms with Gasteiger partial charge in [0, 0.05) is 41.3 Å². The minimum atomic E-state index is -0.957. The molecular formula is C25H26ClFN2O5. The standard InChI is InChI=1S/C25H26ClFN2O5/c1-33-10-9-28(24(30)15-34-19-4-2-3-16(26)11-19)18-6-8-23-21(13-18)20-12-17(27)5-7-22(20)29(23)14-25(31)32/h2-5,7,11-12,18H,6,8-10,13-15H2,1H3,(H,31,32)/t18-/m0/s1. The maximum Gasteiger partial charge on any atom is 0.323 e. The number of amides is 1. The number of nitrogens with zero attached hydrogens (tertiary/aromatic N) is 2. The number of fused-ring (bicyclic) bond motifs is 3. The van der Waals surface area contributed by atoms with E-state index in [0.29, 0.717) is 54.1 Å². The zero-order chi connectivity index (χ0) is 24.2. The Morgan fingerprint density at radius 1 is 1.26 bits per heavy atom. The molecule has 0 saturated heterocycles. The van der Waals surface area contributed by atoms with Crippen LogP contribution in [0.2, 0.25) is 5.02 Å². The highest BCUT2D eigenvalue weighted by Gasteiger charge is 2.32. The molecule has 2 aromatic carbocycles. The molecule has 0 bridgehead atoms. The van der Waals surface area contributed by atoms with Gasteiger partial charge in [0.2, 0.25) is 0 Å². The van der Waals surface area contributed by atoms with Crippen LogP contribution in [-0.4, -0.2) is 59.4 Å². The predicted octanol–water partition coefficient (Wildman–Crippen LogP) is 3.93. The van der Waals surface area contributed by atoms with Crippen LogP contribution in [0.15, 0.2) is 42.5 Å². The average Bonchev–Trinajstić information content (AvgIpc) is 3.09. The second-order valence-electron chi connectivity index (χ2n) is 8.29. The van der Waals surface area contributed by atoms with Crippen LogP contribution in [0.3, 0.4) is 0 Å². The maximum absolute atomic E-state index is 14.1. The second-order valence-corrected chi connectivity index (χ2v) is 8.73. The van der Waals surface area contributed by atoms with Crippen LogP contribution >= 0.6 is 11.6 Å². The number of methoxy groups -OCH3 is 1. The number of benzene rings is 2.